The second kappa shape index (κ2) is 4.42. The van der Waals surface area contributed by atoms with Crippen LogP contribution in [0.1, 0.15) is 19.8 Å². The van der Waals surface area contributed by atoms with Crippen molar-refractivity contribution in [3.63, 3.8) is 0 Å². The molecule has 0 aromatic heterocycles. The van der Waals surface area contributed by atoms with Crippen LogP contribution in [-0.2, 0) is 14.3 Å². The van der Waals surface area contributed by atoms with E-state index in [1.807, 2.05) is 6.92 Å². The van der Waals surface area contributed by atoms with Crippen LogP contribution < -0.4 is 5.73 Å². The summed E-state index contributed by atoms with van der Waals surface area (Å²) in [4.78, 5) is 11.1. The molecular weight excluding hydrogens is 158 g/mol. The van der Waals surface area contributed by atoms with Crippen molar-refractivity contribution in [2.24, 2.45) is 5.73 Å². The molecule has 0 bridgehead atoms. The predicted molar refractivity (Wildman–Crippen MR) is 43.6 cm³/mol. The van der Waals surface area contributed by atoms with Crippen LogP contribution in [0.5, 0.6) is 0 Å². The van der Waals surface area contributed by atoms with Crippen molar-refractivity contribution in [1.82, 2.24) is 0 Å². The highest BCUT2D eigenvalue weighted by molar-refractivity contribution is 5.75. The molecule has 0 amide bonds. The quantitative estimate of drug-likeness (QED) is 0.526. The lowest BCUT2D eigenvalue weighted by Gasteiger charge is -2.13. The highest BCUT2D eigenvalue weighted by Gasteiger charge is 2.19. The predicted octanol–water partition coefficient (Wildman–Crippen LogP) is 0.0558. The minimum absolute atomic E-state index is 0.0368. The molecule has 0 spiro atoms. The van der Waals surface area contributed by atoms with Crippen LogP contribution in [0.25, 0.3) is 0 Å². The smallest absolute Gasteiger partial charge is 0.325 e. The van der Waals surface area contributed by atoms with Gasteiger partial charge < -0.3 is 15.2 Å². The summed E-state index contributed by atoms with van der Waals surface area (Å²) in [6, 6.07) is -0.620. The average molecular weight is 173 g/mol. The van der Waals surface area contributed by atoms with Gasteiger partial charge in [0.2, 0.25) is 0 Å². The molecule has 1 aliphatic heterocycles. The maximum atomic E-state index is 11.1. The lowest BCUT2D eigenvalue weighted by atomic mass is 10.2. The minimum atomic E-state index is -0.620. The topological polar surface area (TPSA) is 61.5 Å². The highest BCUT2D eigenvalue weighted by Crippen LogP contribution is 2.06. The first kappa shape index (κ1) is 9.48. The zero-order valence-corrected chi connectivity index (χ0v) is 7.29. The number of nitrogens with two attached hydrogens (primary N) is 1. The van der Waals surface area contributed by atoms with Crippen LogP contribution >= 0.6 is 0 Å². The number of hydrogen-bond donors (Lipinski definition) is 1. The second-order valence-electron chi connectivity index (χ2n) is 3.07. The van der Waals surface area contributed by atoms with Crippen molar-refractivity contribution in [3.05, 3.63) is 0 Å². The average Bonchev–Trinajstić information content (AvgIpc) is 2.07. The zero-order valence-electron chi connectivity index (χ0n) is 7.29. The van der Waals surface area contributed by atoms with Gasteiger partial charge in [-0.25, -0.2) is 0 Å². The van der Waals surface area contributed by atoms with E-state index in [-0.39, 0.29) is 18.7 Å². The largest absolute Gasteiger partial charge is 0.461 e. The summed E-state index contributed by atoms with van der Waals surface area (Å²) in [6.45, 7) is 2.80. The number of ether oxygens (including phenoxy) is 2. The molecule has 0 aromatic carbocycles. The molecule has 1 unspecified atom stereocenters. The third-order valence-corrected chi connectivity index (χ3v) is 1.82. The van der Waals surface area contributed by atoms with Gasteiger partial charge in [-0.3, -0.25) is 4.79 Å². The maximum Gasteiger partial charge on any atom is 0.325 e. The Morgan fingerprint density at radius 2 is 2.33 bits per heavy atom. The summed E-state index contributed by atoms with van der Waals surface area (Å²) in [7, 11) is 0. The van der Waals surface area contributed by atoms with Gasteiger partial charge in [0.05, 0.1) is 12.7 Å². The Hall–Kier alpha value is -0.610. The third kappa shape index (κ3) is 2.79. The van der Waals surface area contributed by atoms with Crippen LogP contribution in [0.15, 0.2) is 0 Å². The molecule has 0 aliphatic carbocycles. The molecule has 0 saturated carbocycles. The minimum Gasteiger partial charge on any atom is -0.461 e. The van der Waals surface area contributed by atoms with Gasteiger partial charge in [-0.1, -0.05) is 0 Å². The fourth-order valence-corrected chi connectivity index (χ4v) is 1.10. The van der Waals surface area contributed by atoms with Crippen molar-refractivity contribution < 1.29 is 14.3 Å². The first-order valence-corrected chi connectivity index (χ1v) is 4.24. The van der Waals surface area contributed by atoms with Gasteiger partial charge in [0.25, 0.3) is 0 Å². The van der Waals surface area contributed by atoms with Gasteiger partial charge in [0.1, 0.15) is 6.04 Å². The van der Waals surface area contributed by atoms with E-state index in [1.165, 1.54) is 0 Å². The Balaban J connectivity index is 2.46. The molecule has 0 radical (unpaired) electrons. The standard InChI is InChI=1S/C8H15NO3/c1-6-3-2-4-11-5-7(9)8(10)12-6/h6-7H,2-5,9H2,1H3/t6?,7-/m0/s1. The molecule has 1 fully saturated rings. The number of carbonyl (C=O) groups is 1. The zero-order chi connectivity index (χ0) is 8.97. The molecule has 1 saturated heterocycles. The van der Waals surface area contributed by atoms with Crippen LogP contribution in [0.4, 0.5) is 0 Å². The molecular formula is C8H15NO3. The molecule has 1 rings (SSSR count). The van der Waals surface area contributed by atoms with Crippen molar-refractivity contribution >= 4 is 5.97 Å². The number of carbonyl (C=O) groups excluding carboxylic acids is 1. The maximum absolute atomic E-state index is 11.1. The van der Waals surface area contributed by atoms with E-state index in [0.29, 0.717) is 6.61 Å². The van der Waals surface area contributed by atoms with E-state index >= 15 is 0 Å². The first-order valence-electron chi connectivity index (χ1n) is 4.24. The van der Waals surface area contributed by atoms with Crippen LogP contribution in [0.3, 0.4) is 0 Å². The fraction of sp³-hybridized carbons (Fsp3) is 0.875. The second-order valence-corrected chi connectivity index (χ2v) is 3.07. The van der Waals surface area contributed by atoms with Gasteiger partial charge in [-0.05, 0) is 19.8 Å². The Morgan fingerprint density at radius 1 is 1.58 bits per heavy atom. The van der Waals surface area contributed by atoms with Crippen molar-refractivity contribution in [2.45, 2.75) is 31.9 Å². The molecule has 1 aliphatic rings. The number of hydrogen-bond acceptors (Lipinski definition) is 4. The van der Waals surface area contributed by atoms with Gasteiger partial charge in [-0.2, -0.15) is 0 Å². The Kier molecular flexibility index (Phi) is 3.49. The summed E-state index contributed by atoms with van der Waals surface area (Å²) in [5.74, 6) is -0.357. The van der Waals surface area contributed by atoms with Gasteiger partial charge in [0, 0.05) is 6.61 Å². The van der Waals surface area contributed by atoms with Crippen molar-refractivity contribution in [2.75, 3.05) is 13.2 Å². The summed E-state index contributed by atoms with van der Waals surface area (Å²) in [6.07, 6.45) is 1.73. The Bertz CT molecular complexity index is 160. The lowest BCUT2D eigenvalue weighted by molar-refractivity contribution is -0.150. The van der Waals surface area contributed by atoms with E-state index < -0.39 is 6.04 Å². The van der Waals surface area contributed by atoms with Gasteiger partial charge >= 0.3 is 5.97 Å². The van der Waals surface area contributed by atoms with E-state index in [1.54, 1.807) is 0 Å². The number of esters is 1. The third-order valence-electron chi connectivity index (χ3n) is 1.82. The number of cyclic esters (lactones) is 1. The van der Waals surface area contributed by atoms with Gasteiger partial charge in [-0.15, -0.1) is 0 Å². The lowest BCUT2D eigenvalue weighted by Crippen LogP contribution is -2.37. The molecule has 12 heavy (non-hydrogen) atoms. The highest BCUT2D eigenvalue weighted by atomic mass is 16.5. The summed E-state index contributed by atoms with van der Waals surface area (Å²) in [5.41, 5.74) is 5.48. The van der Waals surface area contributed by atoms with E-state index in [0.717, 1.165) is 12.8 Å². The van der Waals surface area contributed by atoms with Crippen molar-refractivity contribution in [1.29, 1.82) is 0 Å². The molecule has 1 heterocycles. The molecule has 0 aromatic rings. The van der Waals surface area contributed by atoms with Crippen LogP contribution in [0.2, 0.25) is 0 Å². The molecule has 2 atom stereocenters. The summed E-state index contributed by atoms with van der Waals surface area (Å²) >= 11 is 0. The first-order chi connectivity index (χ1) is 5.70. The van der Waals surface area contributed by atoms with E-state index in [4.69, 9.17) is 15.2 Å². The molecule has 4 heteroatoms. The Morgan fingerprint density at radius 3 is 3.08 bits per heavy atom. The summed E-state index contributed by atoms with van der Waals surface area (Å²) in [5, 5.41) is 0. The molecule has 70 valence electrons. The molecule has 2 N–H and O–H groups in total. The van der Waals surface area contributed by atoms with Crippen LogP contribution in [0, 0.1) is 0 Å². The SMILES string of the molecule is CC1CCCOC[C@H](N)C(=O)O1. The van der Waals surface area contributed by atoms with Crippen molar-refractivity contribution in [3.8, 4) is 0 Å². The van der Waals surface area contributed by atoms with Gasteiger partial charge in [0.15, 0.2) is 0 Å². The monoisotopic (exact) mass is 173 g/mol. The van der Waals surface area contributed by atoms with Crippen LogP contribution in [-0.4, -0.2) is 31.3 Å². The summed E-state index contributed by atoms with van der Waals surface area (Å²) < 4.78 is 10.2. The van der Waals surface area contributed by atoms with E-state index in [9.17, 15) is 4.79 Å². The number of rotatable bonds is 0. The normalized spacial score (nSPS) is 33.0. The Labute approximate surface area is 72.0 Å². The molecule has 4 nitrogen and oxygen atoms in total. The fourth-order valence-electron chi connectivity index (χ4n) is 1.10. The van der Waals surface area contributed by atoms with E-state index in [2.05, 4.69) is 0 Å².